The zero-order valence-electron chi connectivity index (χ0n) is 19.6. The Kier molecular flexibility index (Phi) is 7.99. The topological polar surface area (TPSA) is 120 Å². The molecule has 4 rings (SSSR count). The average Bonchev–Trinajstić information content (AvgIpc) is 3.38. The smallest absolute Gasteiger partial charge is 0.270 e. The number of nitrogens with zero attached hydrogens (tertiary/aromatic N) is 2. The van der Waals surface area contributed by atoms with Gasteiger partial charge in [-0.3, -0.25) is 14.4 Å². The molecular formula is C24H34N6O3S. The van der Waals surface area contributed by atoms with Gasteiger partial charge in [0, 0.05) is 43.5 Å². The average molecular weight is 487 g/mol. The molecule has 0 aromatic heterocycles. The summed E-state index contributed by atoms with van der Waals surface area (Å²) in [6.45, 7) is 6.48. The summed E-state index contributed by atoms with van der Waals surface area (Å²) in [6.07, 6.45) is 4.43. The van der Waals surface area contributed by atoms with Crippen LogP contribution >= 0.6 is 11.8 Å². The molecule has 3 aliphatic rings. The first-order valence-corrected chi connectivity index (χ1v) is 13.0. The summed E-state index contributed by atoms with van der Waals surface area (Å²) in [7, 11) is 0. The highest BCUT2D eigenvalue weighted by atomic mass is 32.2. The Morgan fingerprint density at radius 2 is 1.85 bits per heavy atom. The van der Waals surface area contributed by atoms with E-state index in [1.54, 1.807) is 17.0 Å². The lowest BCUT2D eigenvalue weighted by molar-refractivity contribution is -0.127. The summed E-state index contributed by atoms with van der Waals surface area (Å²) >= 11 is 1.32. The van der Waals surface area contributed by atoms with Gasteiger partial charge >= 0.3 is 0 Å². The van der Waals surface area contributed by atoms with Crippen LogP contribution in [0.3, 0.4) is 0 Å². The maximum atomic E-state index is 12.9. The van der Waals surface area contributed by atoms with E-state index in [-0.39, 0.29) is 34.7 Å². The summed E-state index contributed by atoms with van der Waals surface area (Å²) in [5.74, 6) is -0.453. The predicted molar refractivity (Wildman–Crippen MR) is 134 cm³/mol. The highest BCUT2D eigenvalue weighted by molar-refractivity contribution is 8.04. The lowest BCUT2D eigenvalue weighted by Crippen LogP contribution is -2.35. The first-order chi connectivity index (χ1) is 16.5. The molecule has 2 saturated heterocycles. The Hall–Kier alpha value is -2.72. The van der Waals surface area contributed by atoms with E-state index in [4.69, 9.17) is 5.73 Å². The molecule has 3 amide bonds. The standard InChI is InChI=1S/C24H34N6O3S/c1-2-30-23(33)19(34-24(30)20(25)22(32)28-18-9-10-18)15-27-17-7-5-16(6-8-17)21(31)26-11-14-29-12-3-4-13-29/h5-8,18-19,27H,2-4,9-15,25H2,1H3,(H,26,31)(H,28,32)/b24-20+/t19-/m1/s1. The summed E-state index contributed by atoms with van der Waals surface area (Å²) in [5.41, 5.74) is 7.64. The van der Waals surface area contributed by atoms with Gasteiger partial charge in [0.25, 0.3) is 11.8 Å². The number of carbonyl (C=O) groups is 3. The van der Waals surface area contributed by atoms with Crippen molar-refractivity contribution < 1.29 is 14.4 Å². The highest BCUT2D eigenvalue weighted by Crippen LogP contribution is 2.36. The molecule has 2 heterocycles. The van der Waals surface area contributed by atoms with Crippen LogP contribution in [0.5, 0.6) is 0 Å². The van der Waals surface area contributed by atoms with Crippen molar-refractivity contribution in [2.45, 2.75) is 43.9 Å². The van der Waals surface area contributed by atoms with Gasteiger partial charge in [-0.2, -0.15) is 0 Å². The van der Waals surface area contributed by atoms with Crippen molar-refractivity contribution in [1.29, 1.82) is 0 Å². The van der Waals surface area contributed by atoms with Crippen molar-refractivity contribution in [3.63, 3.8) is 0 Å². The van der Waals surface area contributed by atoms with Gasteiger partial charge in [0.2, 0.25) is 5.91 Å². The van der Waals surface area contributed by atoms with Crippen LogP contribution in [-0.2, 0) is 9.59 Å². The minimum atomic E-state index is -0.379. The fraction of sp³-hybridized carbons (Fsp3) is 0.542. The van der Waals surface area contributed by atoms with Gasteiger partial charge < -0.3 is 31.5 Å². The van der Waals surface area contributed by atoms with E-state index >= 15 is 0 Å². The number of rotatable bonds is 10. The van der Waals surface area contributed by atoms with Gasteiger partial charge in [-0.05, 0) is 70.0 Å². The van der Waals surface area contributed by atoms with Crippen LogP contribution in [0.2, 0.25) is 0 Å². The Morgan fingerprint density at radius 3 is 2.50 bits per heavy atom. The second-order valence-corrected chi connectivity index (χ2v) is 10.1. The first-order valence-electron chi connectivity index (χ1n) is 12.1. The summed E-state index contributed by atoms with van der Waals surface area (Å²) in [6, 6.07) is 7.44. The van der Waals surface area contributed by atoms with Crippen LogP contribution in [-0.4, -0.2) is 78.1 Å². The fourth-order valence-electron chi connectivity index (χ4n) is 4.13. The van der Waals surface area contributed by atoms with E-state index in [0.29, 0.717) is 30.2 Å². The number of carbonyl (C=O) groups excluding carboxylic acids is 3. The molecular weight excluding hydrogens is 452 g/mol. The number of thioether (sulfide) groups is 1. The molecule has 9 nitrogen and oxygen atoms in total. The largest absolute Gasteiger partial charge is 0.392 e. The fourth-order valence-corrected chi connectivity index (χ4v) is 5.36. The lowest BCUT2D eigenvalue weighted by atomic mass is 10.2. The van der Waals surface area contributed by atoms with E-state index < -0.39 is 0 Å². The van der Waals surface area contributed by atoms with E-state index in [9.17, 15) is 14.4 Å². The molecule has 0 spiro atoms. The van der Waals surface area contributed by atoms with Gasteiger partial charge in [0.05, 0.1) is 0 Å². The maximum Gasteiger partial charge on any atom is 0.270 e. The number of likely N-dealkylation sites (tertiary alicyclic amines) is 1. The quantitative estimate of drug-likeness (QED) is 0.368. The number of hydrogen-bond acceptors (Lipinski definition) is 7. The monoisotopic (exact) mass is 486 g/mol. The third-order valence-corrected chi connectivity index (χ3v) is 7.61. The van der Waals surface area contributed by atoms with Crippen LogP contribution in [0.25, 0.3) is 0 Å². The molecule has 0 unspecified atom stereocenters. The minimum absolute atomic E-state index is 0.0637. The Bertz CT molecular complexity index is 941. The van der Waals surface area contributed by atoms with Crippen LogP contribution in [0.4, 0.5) is 5.69 Å². The SMILES string of the molecule is CCN1C(=O)[C@@H](CNc2ccc(C(=O)NCCN3CCCC3)cc2)S/C1=C(/N)C(=O)NC1CC1. The van der Waals surface area contributed by atoms with Crippen molar-refractivity contribution in [2.75, 3.05) is 44.6 Å². The molecule has 184 valence electrons. The molecule has 3 fully saturated rings. The zero-order chi connectivity index (χ0) is 24.1. The van der Waals surface area contributed by atoms with E-state index in [1.807, 2.05) is 19.1 Å². The third-order valence-electron chi connectivity index (χ3n) is 6.30. The number of amides is 3. The molecule has 1 aliphatic carbocycles. The molecule has 10 heteroatoms. The number of nitrogens with one attached hydrogen (secondary N) is 3. The maximum absolute atomic E-state index is 12.9. The summed E-state index contributed by atoms with van der Waals surface area (Å²) < 4.78 is 0. The molecule has 1 saturated carbocycles. The van der Waals surface area contributed by atoms with E-state index in [0.717, 1.165) is 38.2 Å². The molecule has 1 atom stereocenters. The number of nitrogens with two attached hydrogens (primary N) is 1. The second kappa shape index (κ2) is 11.1. The van der Waals surface area contributed by atoms with Gasteiger partial charge in [0.1, 0.15) is 16.0 Å². The van der Waals surface area contributed by atoms with Crippen LogP contribution in [0, 0.1) is 0 Å². The summed E-state index contributed by atoms with van der Waals surface area (Å²) in [4.78, 5) is 41.5. The number of hydrogen-bond donors (Lipinski definition) is 4. The van der Waals surface area contributed by atoms with Gasteiger partial charge in [0.15, 0.2) is 0 Å². The van der Waals surface area contributed by atoms with Crippen molar-refractivity contribution >= 4 is 35.2 Å². The van der Waals surface area contributed by atoms with Crippen molar-refractivity contribution in [3.8, 4) is 0 Å². The Morgan fingerprint density at radius 1 is 1.15 bits per heavy atom. The van der Waals surface area contributed by atoms with Gasteiger partial charge in [-0.15, -0.1) is 0 Å². The Balaban J connectivity index is 1.28. The van der Waals surface area contributed by atoms with Crippen molar-refractivity contribution in [1.82, 2.24) is 20.4 Å². The van der Waals surface area contributed by atoms with Crippen molar-refractivity contribution in [2.24, 2.45) is 5.73 Å². The molecule has 5 N–H and O–H groups in total. The first kappa shape index (κ1) is 24.4. The highest BCUT2D eigenvalue weighted by Gasteiger charge is 2.38. The Labute approximate surface area is 204 Å². The van der Waals surface area contributed by atoms with Crippen LogP contribution in [0.15, 0.2) is 35.0 Å². The molecule has 2 aliphatic heterocycles. The molecule has 1 aromatic rings. The van der Waals surface area contributed by atoms with Crippen LogP contribution < -0.4 is 21.7 Å². The number of benzene rings is 1. The van der Waals surface area contributed by atoms with Gasteiger partial charge in [-0.1, -0.05) is 11.8 Å². The minimum Gasteiger partial charge on any atom is -0.392 e. The van der Waals surface area contributed by atoms with Crippen LogP contribution in [0.1, 0.15) is 43.0 Å². The van der Waals surface area contributed by atoms with E-state index in [1.165, 1.54) is 24.6 Å². The molecule has 0 radical (unpaired) electrons. The van der Waals surface area contributed by atoms with E-state index in [2.05, 4.69) is 20.9 Å². The lowest BCUT2D eigenvalue weighted by Gasteiger charge is -2.16. The molecule has 34 heavy (non-hydrogen) atoms. The molecule has 1 aromatic carbocycles. The normalized spacial score (nSPS) is 22.1. The number of anilines is 1. The summed E-state index contributed by atoms with van der Waals surface area (Å²) in [5, 5.41) is 9.27. The second-order valence-electron chi connectivity index (χ2n) is 8.92. The van der Waals surface area contributed by atoms with Crippen molar-refractivity contribution in [3.05, 3.63) is 40.6 Å². The zero-order valence-corrected chi connectivity index (χ0v) is 20.5. The predicted octanol–water partition coefficient (Wildman–Crippen LogP) is 1.29. The molecule has 0 bridgehead atoms. The van der Waals surface area contributed by atoms with Gasteiger partial charge in [-0.25, -0.2) is 0 Å². The third kappa shape index (κ3) is 6.04.